The molecular weight excluding hydrogens is 1530 g/mol. The summed E-state index contributed by atoms with van der Waals surface area (Å²) in [7, 11) is 0. The number of benzene rings is 6. The molecule has 2 aliphatic rings. The number of hydrogen-bond donors (Lipinski definition) is 0. The van der Waals surface area contributed by atoms with Gasteiger partial charge < -0.3 is 24.9 Å². The molecule has 0 saturated carbocycles. The molecule has 9 heteroatoms. The summed E-state index contributed by atoms with van der Waals surface area (Å²) in [6, 6.07) is 85.9. The Kier molecular flexibility index (Phi) is 25.8. The second kappa shape index (κ2) is 34.9. The molecule has 482 valence electrons. The number of allylic oxidation sites excluding steroid dienone is 4. The third-order valence-corrected chi connectivity index (χ3v) is 17.4. The summed E-state index contributed by atoms with van der Waals surface area (Å²) in [6.45, 7) is 17.9. The fourth-order valence-electron chi connectivity index (χ4n) is 12.8. The summed E-state index contributed by atoms with van der Waals surface area (Å²) >= 11 is 0. The zero-order valence-electron chi connectivity index (χ0n) is 56.0. The van der Waals surface area contributed by atoms with E-state index in [0.29, 0.717) is 0 Å². The van der Waals surface area contributed by atoms with Crippen LogP contribution in [0.15, 0.2) is 243 Å². The van der Waals surface area contributed by atoms with E-state index in [1.54, 1.807) is 18.6 Å². The Morgan fingerprint density at radius 1 is 0.271 bits per heavy atom. The molecule has 0 aliphatic carbocycles. The molecule has 8 bridgehead atoms. The van der Waals surface area contributed by atoms with Crippen molar-refractivity contribution < 1.29 is 41.2 Å². The third kappa shape index (κ3) is 16.7. The number of hydrogen-bond acceptors (Lipinski definition) is 5. The number of pyridine rings is 3. The average molecular weight is 1610 g/mol. The molecule has 96 heavy (non-hydrogen) atoms. The van der Waals surface area contributed by atoms with Gasteiger partial charge in [0.15, 0.2) is 0 Å². The molecular formula is C87H80IrN7Pt. The van der Waals surface area contributed by atoms with E-state index in [9.17, 15) is 0 Å². The van der Waals surface area contributed by atoms with E-state index < -0.39 is 0 Å². The van der Waals surface area contributed by atoms with Crippen molar-refractivity contribution in [1.82, 2.24) is 34.9 Å². The van der Waals surface area contributed by atoms with Crippen LogP contribution in [0, 0.1) is 18.2 Å². The van der Waals surface area contributed by atoms with Gasteiger partial charge in [-0.05, 0) is 126 Å². The van der Waals surface area contributed by atoms with Crippen molar-refractivity contribution in [2.45, 2.75) is 107 Å². The number of nitrogens with zero attached hydrogens (tertiary/aromatic N) is 7. The summed E-state index contributed by atoms with van der Waals surface area (Å²) in [4.78, 5) is 34.1. The average Bonchev–Trinajstić information content (AvgIpc) is 1.61. The Labute approximate surface area is 596 Å². The number of fused-ring (bicyclic) bond motifs is 8. The molecule has 14 rings (SSSR count). The standard InChI is InChI=1S/C36H44N4.3C17H12N.Ir.Pt/c1-9-21-22(10-2)30-18-32-25(13-5)26(14-6)34(39-32)20-36-28(16-8)27(15-7)35(40-36)19-33-24(12-4)23(11-3)31(38-33)17-29(21)37-30;3*1-2-7-14(8-3-1)15-9-6-10-16(13-15)17-11-4-5-12-18-17;;/h17-20H,9-16H2,1-8H3;3*1-9,11-13H;;/q-2;3*-1;+3;+2. The van der Waals surface area contributed by atoms with E-state index in [2.05, 4.69) is 186 Å². The van der Waals surface area contributed by atoms with Crippen molar-refractivity contribution in [2.24, 2.45) is 0 Å². The molecule has 0 spiro atoms. The summed E-state index contributed by atoms with van der Waals surface area (Å²) in [5, 5.41) is 0. The van der Waals surface area contributed by atoms with E-state index in [4.69, 9.17) is 19.9 Å². The second-order valence-corrected chi connectivity index (χ2v) is 23.0. The first-order valence-corrected chi connectivity index (χ1v) is 33.3. The molecule has 0 fully saturated rings. The van der Waals surface area contributed by atoms with E-state index in [0.717, 1.165) is 130 Å². The number of rotatable bonds is 14. The molecule has 2 aliphatic heterocycles. The van der Waals surface area contributed by atoms with Gasteiger partial charge in [0.05, 0.1) is 22.8 Å². The molecule has 8 heterocycles. The SMILES string of the molecule is CCC1=C(CC)c2cc3[n-]c(cc4nc(cc5[n-]c(cc1n2)c(CC)c5CC)C(CC)=C4CC)c(CC)c3CC.[Ir+3].[Pt+2].[c-]1ccc(-c2ccccc2)cc1-c1ccccn1.[c-]1ccc(-c2ccccc2)cc1-c1ccccn1.[c-]1ccc(-c2ccccc2)cc1-c1ccccn1. The van der Waals surface area contributed by atoms with Crippen LogP contribution in [0.5, 0.6) is 0 Å². The Morgan fingerprint density at radius 2 is 0.521 bits per heavy atom. The first-order chi connectivity index (χ1) is 46.3. The molecule has 0 unspecified atom stereocenters. The van der Waals surface area contributed by atoms with E-state index in [1.807, 2.05) is 127 Å². The number of aromatic nitrogens is 7. The smallest absolute Gasteiger partial charge is 0.657 e. The maximum absolute atomic E-state index is 5.25. The second-order valence-electron chi connectivity index (χ2n) is 23.0. The summed E-state index contributed by atoms with van der Waals surface area (Å²) in [5.74, 6) is 0. The van der Waals surface area contributed by atoms with E-state index in [-0.39, 0.29) is 41.2 Å². The van der Waals surface area contributed by atoms with Crippen molar-refractivity contribution >= 4 is 44.4 Å². The van der Waals surface area contributed by atoms with Crippen molar-refractivity contribution in [2.75, 3.05) is 0 Å². The van der Waals surface area contributed by atoms with Crippen LogP contribution in [0.25, 0.3) is 112 Å². The van der Waals surface area contributed by atoms with Crippen molar-refractivity contribution in [1.29, 1.82) is 0 Å². The molecule has 12 aromatic rings. The van der Waals surface area contributed by atoms with Crippen molar-refractivity contribution in [3.05, 3.63) is 306 Å². The molecule has 0 N–H and O–H groups in total. The van der Waals surface area contributed by atoms with Crippen LogP contribution in [-0.2, 0) is 66.9 Å². The van der Waals surface area contributed by atoms with Gasteiger partial charge >= 0.3 is 41.2 Å². The molecule has 6 aromatic carbocycles. The summed E-state index contributed by atoms with van der Waals surface area (Å²) in [6.07, 6.45) is 13.0. The fourth-order valence-corrected chi connectivity index (χ4v) is 12.8. The first kappa shape index (κ1) is 71.0. The predicted molar refractivity (Wildman–Crippen MR) is 393 cm³/mol. The van der Waals surface area contributed by atoms with Gasteiger partial charge in [0.2, 0.25) is 0 Å². The van der Waals surface area contributed by atoms with Crippen LogP contribution in [0.2, 0.25) is 0 Å². The Bertz CT molecular complexity index is 4050. The molecule has 0 radical (unpaired) electrons. The van der Waals surface area contributed by atoms with Crippen molar-refractivity contribution in [3.63, 3.8) is 0 Å². The largest absolute Gasteiger partial charge is 3.00 e. The molecule has 0 atom stereocenters. The van der Waals surface area contributed by atoms with Crippen molar-refractivity contribution in [3.8, 4) is 67.2 Å². The van der Waals surface area contributed by atoms with E-state index in [1.165, 1.54) is 77.9 Å². The van der Waals surface area contributed by atoms with Gasteiger partial charge in [-0.25, -0.2) is 9.97 Å². The van der Waals surface area contributed by atoms with Gasteiger partial charge in [0, 0.05) is 18.6 Å². The Morgan fingerprint density at radius 3 is 0.740 bits per heavy atom. The van der Waals surface area contributed by atoms with Crippen LogP contribution in [-0.4, -0.2) is 24.9 Å². The Hall–Kier alpha value is -9.29. The molecule has 7 nitrogen and oxygen atoms in total. The minimum atomic E-state index is 0. The monoisotopic (exact) mass is 1610 g/mol. The first-order valence-electron chi connectivity index (χ1n) is 33.3. The topological polar surface area (TPSA) is 92.7 Å². The van der Waals surface area contributed by atoms with Gasteiger partial charge in [-0.15, -0.1) is 128 Å². The Balaban J connectivity index is 0.000000162. The maximum Gasteiger partial charge on any atom is 3.00 e. The fraction of sp³-hybridized carbons (Fsp3) is 0.184. The van der Waals surface area contributed by atoms with Gasteiger partial charge in [0.25, 0.3) is 0 Å². The van der Waals surface area contributed by atoms with Crippen LogP contribution >= 0.6 is 0 Å². The van der Waals surface area contributed by atoms with Gasteiger partial charge in [0.1, 0.15) is 0 Å². The molecule has 0 amide bonds. The number of aryl methyl sites for hydroxylation is 4. The van der Waals surface area contributed by atoms with Crippen LogP contribution in [0.4, 0.5) is 0 Å². The van der Waals surface area contributed by atoms with Crippen LogP contribution in [0.3, 0.4) is 0 Å². The minimum Gasteiger partial charge on any atom is -0.657 e. The summed E-state index contributed by atoms with van der Waals surface area (Å²) < 4.78 is 0. The van der Waals surface area contributed by atoms with Gasteiger partial charge in [-0.1, -0.05) is 229 Å². The van der Waals surface area contributed by atoms with E-state index >= 15 is 0 Å². The zero-order valence-corrected chi connectivity index (χ0v) is 60.7. The van der Waals surface area contributed by atoms with Crippen LogP contribution in [0.1, 0.15) is 126 Å². The minimum absolute atomic E-state index is 0. The zero-order chi connectivity index (χ0) is 65.2. The summed E-state index contributed by atoms with van der Waals surface area (Å²) in [5.41, 5.74) is 32.3. The van der Waals surface area contributed by atoms with Gasteiger partial charge in [-0.3, -0.25) is 0 Å². The van der Waals surface area contributed by atoms with Crippen LogP contribution < -0.4 is 9.97 Å². The van der Waals surface area contributed by atoms with Gasteiger partial charge in [-0.2, -0.15) is 0 Å². The quantitative estimate of drug-likeness (QED) is 0.100. The predicted octanol–water partition coefficient (Wildman–Crippen LogP) is 21.9. The molecule has 6 aromatic heterocycles. The molecule has 0 saturated heterocycles. The normalized spacial score (nSPS) is 11.4. The third-order valence-electron chi connectivity index (χ3n) is 17.4. The maximum atomic E-state index is 5.25.